The van der Waals surface area contributed by atoms with Crippen molar-refractivity contribution >= 4 is 5.82 Å². The Morgan fingerprint density at radius 2 is 2.16 bits per heavy atom. The van der Waals surface area contributed by atoms with Crippen molar-refractivity contribution in [2.24, 2.45) is 0 Å². The first-order valence-electron chi connectivity index (χ1n) is 6.57. The number of rotatable bonds is 1. The molecule has 1 N–H and O–H groups in total. The van der Waals surface area contributed by atoms with E-state index in [1.807, 2.05) is 4.90 Å². The number of piperazine rings is 1. The van der Waals surface area contributed by atoms with Crippen molar-refractivity contribution in [1.29, 1.82) is 0 Å². The van der Waals surface area contributed by atoms with Gasteiger partial charge in [-0.25, -0.2) is 4.98 Å². The fourth-order valence-electron chi connectivity index (χ4n) is 2.95. The third-order valence-corrected chi connectivity index (χ3v) is 3.96. The number of aromatic nitrogens is 1. The van der Waals surface area contributed by atoms with Gasteiger partial charge in [-0.2, -0.15) is 13.2 Å². The summed E-state index contributed by atoms with van der Waals surface area (Å²) < 4.78 is 38.2. The van der Waals surface area contributed by atoms with Gasteiger partial charge in [0, 0.05) is 31.4 Å². The molecule has 0 saturated carbocycles. The maximum atomic E-state index is 12.7. The molecule has 0 aliphatic carbocycles. The van der Waals surface area contributed by atoms with Crippen LogP contribution in [0.25, 0.3) is 0 Å². The number of halogens is 3. The SMILES string of the molecule is FC(F)(F)c1ccnc(N2CC3CCCC2CN3)c1. The first-order chi connectivity index (χ1) is 9.04. The van der Waals surface area contributed by atoms with Crippen LogP contribution in [0.4, 0.5) is 19.0 Å². The van der Waals surface area contributed by atoms with Crippen LogP contribution in [0.3, 0.4) is 0 Å². The number of hydrogen-bond donors (Lipinski definition) is 1. The molecule has 2 unspecified atom stereocenters. The van der Waals surface area contributed by atoms with Gasteiger partial charge in [0.05, 0.1) is 5.56 Å². The van der Waals surface area contributed by atoms with Crippen LogP contribution in [-0.4, -0.2) is 30.2 Å². The van der Waals surface area contributed by atoms with Crippen LogP contribution in [0.5, 0.6) is 0 Å². The largest absolute Gasteiger partial charge is 0.416 e. The van der Waals surface area contributed by atoms with E-state index in [1.54, 1.807) is 0 Å². The van der Waals surface area contributed by atoms with E-state index >= 15 is 0 Å². The molecule has 3 aliphatic rings. The lowest BCUT2D eigenvalue weighted by atomic mass is 10.1. The first kappa shape index (κ1) is 12.7. The number of hydrogen-bond acceptors (Lipinski definition) is 3. The second-order valence-electron chi connectivity index (χ2n) is 5.24. The minimum atomic E-state index is -4.30. The van der Waals surface area contributed by atoms with E-state index in [2.05, 4.69) is 10.3 Å². The second-order valence-corrected chi connectivity index (χ2v) is 5.24. The molecule has 104 valence electrons. The Balaban J connectivity index is 1.89. The summed E-state index contributed by atoms with van der Waals surface area (Å²) in [5.74, 6) is 0.452. The van der Waals surface area contributed by atoms with Crippen LogP contribution in [-0.2, 0) is 6.18 Å². The zero-order valence-corrected chi connectivity index (χ0v) is 10.5. The number of fused-ring (bicyclic) bond motifs is 4. The summed E-state index contributed by atoms with van der Waals surface area (Å²) in [6, 6.07) is 2.82. The van der Waals surface area contributed by atoms with Crippen molar-refractivity contribution in [3.8, 4) is 0 Å². The summed E-state index contributed by atoms with van der Waals surface area (Å²) in [6.45, 7) is 1.58. The zero-order valence-electron chi connectivity index (χ0n) is 10.5. The van der Waals surface area contributed by atoms with Crippen molar-refractivity contribution in [3.05, 3.63) is 23.9 Å². The van der Waals surface area contributed by atoms with Crippen molar-refractivity contribution in [2.75, 3.05) is 18.0 Å². The van der Waals surface area contributed by atoms with Crippen LogP contribution in [0.15, 0.2) is 18.3 Å². The molecule has 2 atom stereocenters. The highest BCUT2D eigenvalue weighted by Crippen LogP contribution is 2.32. The third kappa shape index (κ3) is 2.54. The first-order valence-corrected chi connectivity index (χ1v) is 6.57. The average Bonchev–Trinajstić information content (AvgIpc) is 2.73. The molecule has 0 amide bonds. The molecule has 19 heavy (non-hydrogen) atoms. The van der Waals surface area contributed by atoms with Gasteiger partial charge >= 0.3 is 6.18 Å². The quantitative estimate of drug-likeness (QED) is 0.850. The summed E-state index contributed by atoms with van der Waals surface area (Å²) in [5.41, 5.74) is -0.620. The molecule has 6 heteroatoms. The highest BCUT2D eigenvalue weighted by molar-refractivity contribution is 5.44. The van der Waals surface area contributed by atoms with E-state index < -0.39 is 11.7 Å². The molecule has 3 fully saturated rings. The predicted octanol–water partition coefficient (Wildman–Crippen LogP) is 2.43. The van der Waals surface area contributed by atoms with E-state index in [1.165, 1.54) is 12.3 Å². The molecule has 1 aromatic heterocycles. The molecular formula is C13H16F3N3. The van der Waals surface area contributed by atoms with Gasteiger partial charge in [-0.15, -0.1) is 0 Å². The van der Waals surface area contributed by atoms with E-state index in [-0.39, 0.29) is 6.04 Å². The van der Waals surface area contributed by atoms with Gasteiger partial charge in [0.25, 0.3) is 0 Å². The molecule has 1 aromatic rings. The van der Waals surface area contributed by atoms with Crippen LogP contribution in [0.1, 0.15) is 24.8 Å². The van der Waals surface area contributed by atoms with Gasteiger partial charge < -0.3 is 10.2 Å². The molecule has 3 nitrogen and oxygen atoms in total. The highest BCUT2D eigenvalue weighted by atomic mass is 19.4. The molecule has 2 bridgehead atoms. The number of pyridine rings is 1. The Morgan fingerprint density at radius 1 is 1.32 bits per heavy atom. The van der Waals surface area contributed by atoms with Gasteiger partial charge in [0.1, 0.15) is 5.82 Å². The van der Waals surface area contributed by atoms with Gasteiger partial charge in [-0.05, 0) is 31.4 Å². The van der Waals surface area contributed by atoms with Gasteiger partial charge in [-0.3, -0.25) is 0 Å². The number of nitrogens with zero attached hydrogens (tertiary/aromatic N) is 2. The fourth-order valence-corrected chi connectivity index (χ4v) is 2.95. The number of nitrogens with one attached hydrogen (secondary N) is 1. The average molecular weight is 271 g/mol. The third-order valence-electron chi connectivity index (χ3n) is 3.96. The summed E-state index contributed by atoms with van der Waals surface area (Å²) in [7, 11) is 0. The minimum Gasteiger partial charge on any atom is -0.351 e. The Morgan fingerprint density at radius 3 is 2.95 bits per heavy atom. The van der Waals surface area contributed by atoms with Crippen LogP contribution >= 0.6 is 0 Å². The van der Waals surface area contributed by atoms with Gasteiger partial charge in [0.15, 0.2) is 0 Å². The lowest BCUT2D eigenvalue weighted by molar-refractivity contribution is -0.137. The van der Waals surface area contributed by atoms with Crippen LogP contribution < -0.4 is 10.2 Å². The normalized spacial score (nSPS) is 27.4. The monoisotopic (exact) mass is 271 g/mol. The van der Waals surface area contributed by atoms with Crippen molar-refractivity contribution in [1.82, 2.24) is 10.3 Å². The van der Waals surface area contributed by atoms with Gasteiger partial charge in [0.2, 0.25) is 0 Å². The molecule has 3 aliphatic heterocycles. The molecule has 3 saturated heterocycles. The Labute approximate surface area is 109 Å². The van der Waals surface area contributed by atoms with E-state index in [0.29, 0.717) is 11.9 Å². The molecule has 0 aromatic carbocycles. The molecular weight excluding hydrogens is 255 g/mol. The van der Waals surface area contributed by atoms with Gasteiger partial charge in [-0.1, -0.05) is 0 Å². The molecule has 0 radical (unpaired) electrons. The van der Waals surface area contributed by atoms with Crippen molar-refractivity contribution in [2.45, 2.75) is 37.5 Å². The van der Waals surface area contributed by atoms with E-state index in [0.717, 1.165) is 38.4 Å². The maximum Gasteiger partial charge on any atom is 0.416 e. The van der Waals surface area contributed by atoms with Crippen molar-refractivity contribution < 1.29 is 13.2 Å². The molecule has 4 rings (SSSR count). The lowest BCUT2D eigenvalue weighted by Gasteiger charge is -2.38. The summed E-state index contributed by atoms with van der Waals surface area (Å²) in [6.07, 6.45) is 0.177. The number of alkyl halides is 3. The van der Waals surface area contributed by atoms with Crippen molar-refractivity contribution in [3.63, 3.8) is 0 Å². The predicted molar refractivity (Wildman–Crippen MR) is 66.0 cm³/mol. The standard InChI is InChI=1S/C13H16F3N3/c14-13(15,16)9-4-5-17-12(6-9)19-8-10-2-1-3-11(19)7-18-10/h4-6,10-11,18H,1-3,7-8H2. The molecule has 0 spiro atoms. The lowest BCUT2D eigenvalue weighted by Crippen LogP contribution is -2.54. The number of anilines is 1. The Hall–Kier alpha value is -1.30. The summed E-state index contributed by atoms with van der Waals surface area (Å²) >= 11 is 0. The van der Waals surface area contributed by atoms with E-state index in [9.17, 15) is 13.2 Å². The fraction of sp³-hybridized carbons (Fsp3) is 0.615. The molecule has 4 heterocycles. The van der Waals surface area contributed by atoms with Crippen LogP contribution in [0, 0.1) is 0 Å². The summed E-state index contributed by atoms with van der Waals surface area (Å²) in [5, 5.41) is 3.43. The smallest absolute Gasteiger partial charge is 0.351 e. The van der Waals surface area contributed by atoms with Crippen LogP contribution in [0.2, 0.25) is 0 Å². The minimum absolute atomic E-state index is 0.259. The zero-order chi connectivity index (χ0) is 13.5. The second kappa shape index (κ2) is 4.67. The topological polar surface area (TPSA) is 28.2 Å². The van der Waals surface area contributed by atoms with E-state index in [4.69, 9.17) is 0 Å². The summed E-state index contributed by atoms with van der Waals surface area (Å²) in [4.78, 5) is 6.17. The maximum absolute atomic E-state index is 12.7. The highest BCUT2D eigenvalue weighted by Gasteiger charge is 2.34. The Kier molecular flexibility index (Phi) is 3.12. The Bertz CT molecular complexity index is 457.